The molecular weight excluding hydrogens is 400 g/mol. The van der Waals surface area contributed by atoms with Crippen LogP contribution >= 0.6 is 0 Å². The van der Waals surface area contributed by atoms with E-state index in [-0.39, 0.29) is 23.2 Å². The fraction of sp³-hybridized carbons (Fsp3) is 0.174. The van der Waals surface area contributed by atoms with Gasteiger partial charge in [-0.25, -0.2) is 23.5 Å². The van der Waals surface area contributed by atoms with E-state index in [0.29, 0.717) is 28.0 Å². The van der Waals surface area contributed by atoms with Gasteiger partial charge < -0.3 is 15.2 Å². The number of carbonyl (C=O) groups excluding carboxylic acids is 1. The monoisotopic (exact) mass is 419 g/mol. The molecule has 2 N–H and O–H groups in total. The number of nitrogens with one attached hydrogen (secondary N) is 2. The molecule has 1 aliphatic rings. The number of urea groups is 1. The highest BCUT2D eigenvalue weighted by Gasteiger charge is 2.19. The number of hydrogen-bond acceptors (Lipinski definition) is 3. The van der Waals surface area contributed by atoms with E-state index in [0.717, 1.165) is 25.9 Å². The van der Waals surface area contributed by atoms with Crippen LogP contribution in [-0.2, 0) is 0 Å². The van der Waals surface area contributed by atoms with Crippen LogP contribution in [0.4, 0.5) is 19.3 Å². The van der Waals surface area contributed by atoms with E-state index in [1.165, 1.54) is 24.4 Å². The molecule has 1 fully saturated rings. The highest BCUT2D eigenvalue weighted by atomic mass is 19.1. The van der Waals surface area contributed by atoms with Gasteiger partial charge in [-0.1, -0.05) is 18.2 Å². The topological polar surface area (TPSA) is 73.9 Å². The van der Waals surface area contributed by atoms with Gasteiger partial charge in [0, 0.05) is 36.1 Å². The van der Waals surface area contributed by atoms with Gasteiger partial charge in [-0.2, -0.15) is 0 Å². The van der Waals surface area contributed by atoms with Gasteiger partial charge in [0.15, 0.2) is 5.65 Å². The Bertz CT molecular complexity index is 1280. The second-order valence-corrected chi connectivity index (χ2v) is 7.48. The summed E-state index contributed by atoms with van der Waals surface area (Å²) < 4.78 is 28.7. The first-order valence-electron chi connectivity index (χ1n) is 10.0. The highest BCUT2D eigenvalue weighted by molar-refractivity contribution is 5.90. The van der Waals surface area contributed by atoms with Crippen LogP contribution < -0.4 is 5.32 Å². The number of carbonyl (C=O) groups is 1. The molecule has 2 aromatic heterocycles. The second-order valence-electron chi connectivity index (χ2n) is 7.48. The highest BCUT2D eigenvalue weighted by Crippen LogP contribution is 2.28. The van der Waals surface area contributed by atoms with Crippen molar-refractivity contribution in [1.82, 2.24) is 19.9 Å². The first-order chi connectivity index (χ1) is 15.1. The number of nitrogens with zero attached hydrogens (tertiary/aromatic N) is 3. The lowest BCUT2D eigenvalue weighted by atomic mass is 10.1. The van der Waals surface area contributed by atoms with Crippen LogP contribution in [0.3, 0.4) is 0 Å². The molecule has 4 aromatic rings. The third-order valence-electron chi connectivity index (χ3n) is 5.39. The van der Waals surface area contributed by atoms with Gasteiger partial charge >= 0.3 is 6.03 Å². The van der Waals surface area contributed by atoms with Crippen LogP contribution in [0.2, 0.25) is 0 Å². The first-order valence-corrected chi connectivity index (χ1v) is 10.0. The van der Waals surface area contributed by atoms with Gasteiger partial charge in [-0.05, 0) is 43.2 Å². The Hall–Kier alpha value is -3.81. The Morgan fingerprint density at radius 2 is 1.77 bits per heavy atom. The first kappa shape index (κ1) is 19.2. The summed E-state index contributed by atoms with van der Waals surface area (Å²) in [5.41, 5.74) is 2.65. The van der Waals surface area contributed by atoms with E-state index in [9.17, 15) is 13.6 Å². The number of pyridine rings is 1. The molecule has 0 spiro atoms. The average molecular weight is 419 g/mol. The number of fused-ring (bicyclic) bond motifs is 1. The smallest absolute Gasteiger partial charge is 0.321 e. The summed E-state index contributed by atoms with van der Waals surface area (Å²) in [6.07, 6.45) is 3.51. The molecule has 2 aromatic carbocycles. The summed E-state index contributed by atoms with van der Waals surface area (Å²) in [6, 6.07) is 12.3. The fourth-order valence-corrected chi connectivity index (χ4v) is 3.78. The zero-order chi connectivity index (χ0) is 21.4. The van der Waals surface area contributed by atoms with E-state index in [4.69, 9.17) is 0 Å². The molecule has 3 heterocycles. The Morgan fingerprint density at radius 1 is 1.00 bits per heavy atom. The molecule has 5 rings (SSSR count). The van der Waals surface area contributed by atoms with Crippen LogP contribution in [0.5, 0.6) is 0 Å². The molecule has 2 amide bonds. The third-order valence-corrected chi connectivity index (χ3v) is 5.39. The van der Waals surface area contributed by atoms with E-state index in [1.54, 1.807) is 35.2 Å². The number of H-pyrrole nitrogens is 1. The van der Waals surface area contributed by atoms with E-state index in [2.05, 4.69) is 20.3 Å². The Labute approximate surface area is 176 Å². The number of anilines is 1. The predicted octanol–water partition coefficient (Wildman–Crippen LogP) is 5.20. The van der Waals surface area contributed by atoms with Crippen molar-refractivity contribution in [2.45, 2.75) is 12.8 Å². The molecule has 0 radical (unpaired) electrons. The van der Waals surface area contributed by atoms with Gasteiger partial charge in [0.05, 0.1) is 11.1 Å². The summed E-state index contributed by atoms with van der Waals surface area (Å²) in [4.78, 5) is 25.8. The van der Waals surface area contributed by atoms with Gasteiger partial charge in [0.25, 0.3) is 0 Å². The van der Waals surface area contributed by atoms with Crippen molar-refractivity contribution in [2.24, 2.45) is 0 Å². The zero-order valence-corrected chi connectivity index (χ0v) is 16.5. The molecule has 0 saturated carbocycles. The number of likely N-dealkylation sites (tertiary alicyclic amines) is 1. The summed E-state index contributed by atoms with van der Waals surface area (Å²) >= 11 is 0. The third kappa shape index (κ3) is 3.72. The molecular formula is C23H19F2N5O. The van der Waals surface area contributed by atoms with Crippen molar-refractivity contribution in [1.29, 1.82) is 0 Å². The largest absolute Gasteiger partial charge is 0.336 e. The molecule has 1 aliphatic heterocycles. The molecule has 1 saturated heterocycles. The summed E-state index contributed by atoms with van der Waals surface area (Å²) in [5.74, 6) is -0.550. The zero-order valence-electron chi connectivity index (χ0n) is 16.5. The molecule has 6 nitrogen and oxygen atoms in total. The summed E-state index contributed by atoms with van der Waals surface area (Å²) in [5, 5.41) is 2.81. The molecule has 0 aliphatic carbocycles. The average Bonchev–Trinajstić information content (AvgIpc) is 3.45. The maximum absolute atomic E-state index is 14.6. The lowest BCUT2D eigenvalue weighted by Crippen LogP contribution is -2.32. The van der Waals surface area contributed by atoms with E-state index in [1.807, 2.05) is 0 Å². The number of amides is 2. The van der Waals surface area contributed by atoms with E-state index < -0.39 is 5.82 Å². The van der Waals surface area contributed by atoms with Crippen LogP contribution in [0.15, 0.2) is 54.7 Å². The number of hydrogen-bond donors (Lipinski definition) is 2. The number of aromatic nitrogens is 3. The maximum atomic E-state index is 14.6. The Kier molecular flexibility index (Phi) is 4.82. The minimum atomic E-state index is -0.479. The van der Waals surface area contributed by atoms with E-state index >= 15 is 0 Å². The van der Waals surface area contributed by atoms with Crippen molar-refractivity contribution in [3.8, 4) is 22.5 Å². The van der Waals surface area contributed by atoms with Gasteiger partial charge in [-0.15, -0.1) is 0 Å². The van der Waals surface area contributed by atoms with Crippen molar-refractivity contribution < 1.29 is 13.6 Å². The summed E-state index contributed by atoms with van der Waals surface area (Å²) in [7, 11) is 0. The normalized spacial score (nSPS) is 13.7. The van der Waals surface area contributed by atoms with Gasteiger partial charge in [-0.3, -0.25) is 0 Å². The minimum Gasteiger partial charge on any atom is -0.336 e. The van der Waals surface area contributed by atoms with Gasteiger partial charge in [0.1, 0.15) is 17.5 Å². The maximum Gasteiger partial charge on any atom is 0.321 e. The minimum absolute atomic E-state index is 0.198. The Balaban J connectivity index is 1.47. The number of imidazole rings is 1. The van der Waals surface area contributed by atoms with Gasteiger partial charge in [0.2, 0.25) is 0 Å². The summed E-state index contributed by atoms with van der Waals surface area (Å²) in [6.45, 7) is 1.44. The molecule has 0 atom stereocenters. The number of rotatable bonds is 3. The second kappa shape index (κ2) is 7.79. The molecule has 8 heteroatoms. The molecule has 0 bridgehead atoms. The van der Waals surface area contributed by atoms with Crippen molar-refractivity contribution in [2.75, 3.05) is 18.4 Å². The quantitative estimate of drug-likeness (QED) is 0.479. The van der Waals surface area contributed by atoms with Crippen molar-refractivity contribution in [3.05, 3.63) is 66.4 Å². The lowest BCUT2D eigenvalue weighted by molar-refractivity contribution is 0.222. The lowest BCUT2D eigenvalue weighted by Gasteiger charge is -2.16. The standard InChI is InChI=1S/C23H19F2N5O/c24-18-6-2-1-5-16(18)14-11-20-22(26-13-14)29-21(28-20)17-12-15(7-8-19(17)25)27-23(31)30-9-3-4-10-30/h1-2,5-8,11-13H,3-4,9-10H2,(H,27,31)(H,26,28,29). The Morgan fingerprint density at radius 3 is 2.58 bits per heavy atom. The molecule has 156 valence electrons. The number of aromatic amines is 1. The number of halogens is 2. The van der Waals surface area contributed by atoms with Crippen LogP contribution in [0, 0.1) is 11.6 Å². The molecule has 0 unspecified atom stereocenters. The molecule has 31 heavy (non-hydrogen) atoms. The predicted molar refractivity (Wildman–Crippen MR) is 115 cm³/mol. The van der Waals surface area contributed by atoms with Crippen LogP contribution in [0.1, 0.15) is 12.8 Å². The van der Waals surface area contributed by atoms with Crippen molar-refractivity contribution >= 4 is 22.9 Å². The fourth-order valence-electron chi connectivity index (χ4n) is 3.78. The van der Waals surface area contributed by atoms with Crippen molar-refractivity contribution in [3.63, 3.8) is 0 Å². The SMILES string of the molecule is O=C(Nc1ccc(F)c(-c2nc3ncc(-c4ccccc4F)cc3[nH]2)c1)N1CCCC1. The number of benzene rings is 2. The van der Waals surface area contributed by atoms with Crippen LogP contribution in [0.25, 0.3) is 33.7 Å². The van der Waals surface area contributed by atoms with Crippen LogP contribution in [-0.4, -0.2) is 39.0 Å².